The molecule has 9 heteroatoms. The fourth-order valence-corrected chi connectivity index (χ4v) is 4.53. The molecule has 1 saturated heterocycles. The summed E-state index contributed by atoms with van der Waals surface area (Å²) in [6.07, 6.45) is 1.05. The summed E-state index contributed by atoms with van der Waals surface area (Å²) in [4.78, 5) is 25.1. The number of aliphatic hydroxyl groups is 1. The number of nitrogens with zero attached hydrogens (tertiary/aromatic N) is 1. The molecule has 0 radical (unpaired) electrons. The van der Waals surface area contributed by atoms with Crippen LogP contribution in [-0.2, 0) is 11.2 Å². The van der Waals surface area contributed by atoms with E-state index < -0.39 is 23.5 Å². The molecule has 3 rings (SSSR count). The molecule has 4 N–H and O–H groups in total. The SMILES string of the molecule is CCc1[nH]nc(C(=O)NCC(NC(=O)C2(O)CCSC2)c2ccccc2)c1Cl. The summed E-state index contributed by atoms with van der Waals surface area (Å²) in [6.45, 7) is 2.05. The Morgan fingerprint density at radius 2 is 2.14 bits per heavy atom. The lowest BCUT2D eigenvalue weighted by Gasteiger charge is -2.26. The first kappa shape index (κ1) is 20.7. The molecule has 2 atom stereocenters. The summed E-state index contributed by atoms with van der Waals surface area (Å²) in [5.74, 6) is 0.265. The molecule has 1 aromatic carbocycles. The van der Waals surface area contributed by atoms with Crippen molar-refractivity contribution >= 4 is 35.2 Å². The third-order valence-electron chi connectivity index (χ3n) is 4.74. The van der Waals surface area contributed by atoms with Crippen LogP contribution >= 0.6 is 23.4 Å². The number of hydrogen-bond donors (Lipinski definition) is 4. The Bertz CT molecular complexity index is 837. The Morgan fingerprint density at radius 3 is 2.75 bits per heavy atom. The van der Waals surface area contributed by atoms with Crippen LogP contribution in [0.5, 0.6) is 0 Å². The van der Waals surface area contributed by atoms with E-state index in [9.17, 15) is 14.7 Å². The van der Waals surface area contributed by atoms with Crippen molar-refractivity contribution in [2.24, 2.45) is 0 Å². The number of carbonyl (C=O) groups is 2. The molecular weight excluding hydrogens is 400 g/mol. The maximum absolute atomic E-state index is 12.6. The molecular formula is C19H23ClN4O3S. The van der Waals surface area contributed by atoms with Gasteiger partial charge in [0.15, 0.2) is 11.3 Å². The number of benzene rings is 1. The van der Waals surface area contributed by atoms with Crippen molar-refractivity contribution < 1.29 is 14.7 Å². The zero-order valence-electron chi connectivity index (χ0n) is 15.5. The topological polar surface area (TPSA) is 107 Å². The maximum Gasteiger partial charge on any atom is 0.273 e. The number of aryl methyl sites for hydroxylation is 1. The first-order chi connectivity index (χ1) is 13.4. The van der Waals surface area contributed by atoms with E-state index in [2.05, 4.69) is 20.8 Å². The van der Waals surface area contributed by atoms with Crippen LogP contribution in [0.25, 0.3) is 0 Å². The number of hydrogen-bond acceptors (Lipinski definition) is 5. The number of carbonyl (C=O) groups excluding carboxylic acids is 2. The smallest absolute Gasteiger partial charge is 0.273 e. The Labute approximate surface area is 172 Å². The van der Waals surface area contributed by atoms with Gasteiger partial charge in [-0.15, -0.1) is 0 Å². The lowest BCUT2D eigenvalue weighted by atomic mass is 10.0. The first-order valence-electron chi connectivity index (χ1n) is 9.11. The standard InChI is InChI=1S/C19H23ClN4O3S/c1-2-13-15(20)16(24-23-13)17(25)21-10-14(12-6-4-3-5-7-12)22-18(26)19(27)8-9-28-11-19/h3-7,14,27H,2,8-11H2,1H3,(H,21,25)(H,22,26)(H,23,24). The van der Waals surface area contributed by atoms with Gasteiger partial charge in [0.25, 0.3) is 11.8 Å². The summed E-state index contributed by atoms with van der Waals surface area (Å²) in [5.41, 5.74) is 0.277. The van der Waals surface area contributed by atoms with Crippen LogP contribution in [0.1, 0.15) is 41.1 Å². The third kappa shape index (κ3) is 4.51. The van der Waals surface area contributed by atoms with Gasteiger partial charge < -0.3 is 15.7 Å². The van der Waals surface area contributed by atoms with E-state index in [1.807, 2.05) is 37.3 Å². The lowest BCUT2D eigenvalue weighted by molar-refractivity contribution is -0.138. The molecule has 28 heavy (non-hydrogen) atoms. The molecule has 2 aromatic rings. The number of halogens is 1. The maximum atomic E-state index is 12.6. The van der Waals surface area contributed by atoms with Crippen molar-refractivity contribution in [2.45, 2.75) is 31.4 Å². The van der Waals surface area contributed by atoms with Crippen LogP contribution in [0, 0.1) is 0 Å². The van der Waals surface area contributed by atoms with E-state index in [1.165, 1.54) is 0 Å². The van der Waals surface area contributed by atoms with Gasteiger partial charge in [-0.1, -0.05) is 48.9 Å². The van der Waals surface area contributed by atoms with Crippen LogP contribution < -0.4 is 10.6 Å². The van der Waals surface area contributed by atoms with E-state index in [1.54, 1.807) is 11.8 Å². The number of H-pyrrole nitrogens is 1. The first-order valence-corrected chi connectivity index (χ1v) is 10.6. The minimum Gasteiger partial charge on any atom is -0.379 e. The van der Waals surface area contributed by atoms with E-state index in [-0.39, 0.29) is 12.2 Å². The summed E-state index contributed by atoms with van der Waals surface area (Å²) in [6, 6.07) is 8.82. The highest BCUT2D eigenvalue weighted by atomic mass is 35.5. The van der Waals surface area contributed by atoms with E-state index >= 15 is 0 Å². The molecule has 1 fully saturated rings. The molecule has 0 saturated carbocycles. The average Bonchev–Trinajstić information content (AvgIpc) is 3.31. The van der Waals surface area contributed by atoms with Crippen LogP contribution in [-0.4, -0.2) is 50.8 Å². The second-order valence-corrected chi connectivity index (χ2v) is 8.18. The minimum absolute atomic E-state index is 0.127. The second-order valence-electron chi connectivity index (χ2n) is 6.70. The van der Waals surface area contributed by atoms with Crippen LogP contribution in [0.4, 0.5) is 0 Å². The van der Waals surface area contributed by atoms with E-state index in [0.29, 0.717) is 29.3 Å². The number of amides is 2. The molecule has 1 aliphatic rings. The summed E-state index contributed by atoms with van der Waals surface area (Å²) in [7, 11) is 0. The molecule has 150 valence electrons. The van der Waals surface area contributed by atoms with Crippen LogP contribution in [0.15, 0.2) is 30.3 Å². The molecule has 0 bridgehead atoms. The monoisotopic (exact) mass is 422 g/mol. The highest BCUT2D eigenvalue weighted by Crippen LogP contribution is 2.28. The van der Waals surface area contributed by atoms with Gasteiger partial charge in [-0.05, 0) is 24.2 Å². The van der Waals surface area contributed by atoms with Crippen molar-refractivity contribution in [1.29, 1.82) is 0 Å². The van der Waals surface area contributed by atoms with Gasteiger partial charge in [0, 0.05) is 12.3 Å². The average molecular weight is 423 g/mol. The van der Waals surface area contributed by atoms with Gasteiger partial charge in [-0.2, -0.15) is 16.9 Å². The second kappa shape index (κ2) is 8.98. The Kier molecular flexibility index (Phi) is 6.64. The molecule has 0 aliphatic carbocycles. The molecule has 1 aliphatic heterocycles. The molecule has 0 spiro atoms. The molecule has 2 amide bonds. The normalized spacial score (nSPS) is 20.0. The van der Waals surface area contributed by atoms with Crippen molar-refractivity contribution in [3.8, 4) is 0 Å². The van der Waals surface area contributed by atoms with Gasteiger partial charge in [0.05, 0.1) is 16.8 Å². The molecule has 1 aromatic heterocycles. The predicted molar refractivity (Wildman–Crippen MR) is 110 cm³/mol. The number of nitrogens with one attached hydrogen (secondary N) is 3. The fraction of sp³-hybridized carbons (Fsp3) is 0.421. The van der Waals surface area contributed by atoms with Gasteiger partial charge >= 0.3 is 0 Å². The zero-order chi connectivity index (χ0) is 20.1. The van der Waals surface area contributed by atoms with Crippen molar-refractivity contribution in [3.05, 3.63) is 52.3 Å². The number of aromatic amines is 1. The number of rotatable bonds is 7. The molecule has 2 heterocycles. The lowest BCUT2D eigenvalue weighted by Crippen LogP contribution is -2.50. The fourth-order valence-electron chi connectivity index (χ4n) is 2.99. The Balaban J connectivity index is 1.71. The summed E-state index contributed by atoms with van der Waals surface area (Å²) < 4.78 is 0. The van der Waals surface area contributed by atoms with Gasteiger partial charge in [-0.3, -0.25) is 14.7 Å². The highest BCUT2D eigenvalue weighted by Gasteiger charge is 2.40. The van der Waals surface area contributed by atoms with Gasteiger partial charge in [-0.25, -0.2) is 0 Å². The quantitative estimate of drug-likeness (QED) is 0.546. The molecule has 7 nitrogen and oxygen atoms in total. The third-order valence-corrected chi connectivity index (χ3v) is 6.32. The van der Waals surface area contributed by atoms with E-state index in [0.717, 1.165) is 11.3 Å². The van der Waals surface area contributed by atoms with Crippen molar-refractivity contribution in [3.63, 3.8) is 0 Å². The van der Waals surface area contributed by atoms with Gasteiger partial charge in [0.1, 0.15) is 0 Å². The minimum atomic E-state index is -1.37. The predicted octanol–water partition coefficient (Wildman–Crippen LogP) is 2.08. The number of thioether (sulfide) groups is 1. The highest BCUT2D eigenvalue weighted by molar-refractivity contribution is 7.99. The largest absolute Gasteiger partial charge is 0.379 e. The zero-order valence-corrected chi connectivity index (χ0v) is 17.1. The summed E-state index contributed by atoms with van der Waals surface area (Å²) >= 11 is 7.73. The van der Waals surface area contributed by atoms with Crippen molar-refractivity contribution in [1.82, 2.24) is 20.8 Å². The number of aromatic nitrogens is 2. The Morgan fingerprint density at radius 1 is 1.39 bits per heavy atom. The van der Waals surface area contributed by atoms with Gasteiger partial charge in [0.2, 0.25) is 0 Å². The van der Waals surface area contributed by atoms with E-state index in [4.69, 9.17) is 11.6 Å². The molecule has 2 unspecified atom stereocenters. The van der Waals surface area contributed by atoms with Crippen LogP contribution in [0.3, 0.4) is 0 Å². The summed E-state index contributed by atoms with van der Waals surface area (Å²) in [5, 5.41) is 23.2. The van der Waals surface area contributed by atoms with Crippen LogP contribution in [0.2, 0.25) is 5.02 Å². The Hall–Kier alpha value is -2.03. The van der Waals surface area contributed by atoms with Crippen molar-refractivity contribution in [2.75, 3.05) is 18.1 Å².